The van der Waals surface area contributed by atoms with Gasteiger partial charge in [-0.15, -0.1) is 0 Å². The number of ether oxygens (including phenoxy) is 1. The van der Waals surface area contributed by atoms with Gasteiger partial charge in [0.05, 0.1) is 0 Å². The Hall–Kier alpha value is -2.77. The van der Waals surface area contributed by atoms with Crippen molar-refractivity contribution in [2.75, 3.05) is 0 Å². The fraction of sp³-hybridized carbons (Fsp3) is 0.286. The van der Waals surface area contributed by atoms with E-state index >= 15 is 0 Å². The summed E-state index contributed by atoms with van der Waals surface area (Å²) < 4.78 is 22.8. The van der Waals surface area contributed by atoms with E-state index in [1.54, 1.807) is 0 Å². The van der Waals surface area contributed by atoms with Crippen LogP contribution < -0.4 is 5.32 Å². The summed E-state index contributed by atoms with van der Waals surface area (Å²) in [6.07, 6.45) is 0.734. The number of benzene rings is 1. The molecule has 1 N–H and O–H groups in total. The molecule has 0 bridgehead atoms. The number of esters is 1. The highest BCUT2D eigenvalue weighted by Gasteiger charge is 2.28. The molecule has 3 rings (SSSR count). The van der Waals surface area contributed by atoms with E-state index < -0.39 is 12.0 Å². The molecular weight excluding hydrogens is 293 g/mol. The lowest BCUT2D eigenvalue weighted by molar-refractivity contribution is -0.148. The van der Waals surface area contributed by atoms with Gasteiger partial charge in [0.25, 0.3) is 5.89 Å². The quantitative estimate of drug-likeness (QED) is 0.853. The van der Waals surface area contributed by atoms with Crippen LogP contribution in [0.4, 0.5) is 4.39 Å². The molecule has 7 nitrogen and oxygen atoms in total. The molecule has 1 saturated heterocycles. The Morgan fingerprint density at radius 3 is 2.86 bits per heavy atom. The van der Waals surface area contributed by atoms with Crippen molar-refractivity contribution in [3.63, 3.8) is 0 Å². The topological polar surface area (TPSA) is 94.3 Å². The standard InChI is InChI=1S/C14H12FN3O4/c15-9-3-1-8(2-4-9)13-17-12(22-18-13)7-21-14(20)10-5-6-11(19)16-10/h1-4,10H,5-7H2,(H,16,19)/t10-/m0/s1. The predicted molar refractivity (Wildman–Crippen MR) is 70.7 cm³/mol. The number of hydrogen-bond acceptors (Lipinski definition) is 6. The van der Waals surface area contributed by atoms with Crippen molar-refractivity contribution in [1.82, 2.24) is 15.5 Å². The minimum absolute atomic E-state index is 0.122. The van der Waals surface area contributed by atoms with Gasteiger partial charge in [-0.3, -0.25) is 4.79 Å². The predicted octanol–water partition coefficient (Wildman–Crippen LogP) is 1.20. The molecule has 2 heterocycles. The van der Waals surface area contributed by atoms with Gasteiger partial charge in [0.15, 0.2) is 6.61 Å². The third kappa shape index (κ3) is 3.11. The second kappa shape index (κ2) is 5.92. The van der Waals surface area contributed by atoms with Crippen LogP contribution in [-0.2, 0) is 20.9 Å². The first kappa shape index (κ1) is 14.2. The Morgan fingerprint density at radius 1 is 1.41 bits per heavy atom. The van der Waals surface area contributed by atoms with Crippen LogP contribution >= 0.6 is 0 Å². The lowest BCUT2D eigenvalue weighted by atomic mass is 10.2. The van der Waals surface area contributed by atoms with Crippen LogP contribution in [0.15, 0.2) is 28.8 Å². The van der Waals surface area contributed by atoms with Gasteiger partial charge < -0.3 is 14.6 Å². The second-order valence-corrected chi connectivity index (χ2v) is 4.79. The first-order valence-electron chi connectivity index (χ1n) is 6.66. The molecule has 0 saturated carbocycles. The van der Waals surface area contributed by atoms with Gasteiger partial charge in [0, 0.05) is 12.0 Å². The summed E-state index contributed by atoms with van der Waals surface area (Å²) in [7, 11) is 0. The summed E-state index contributed by atoms with van der Waals surface area (Å²) in [5.74, 6) is -0.664. The number of aromatic nitrogens is 2. The normalized spacial score (nSPS) is 17.3. The number of carbonyl (C=O) groups excluding carboxylic acids is 2. The highest BCUT2D eigenvalue weighted by atomic mass is 19.1. The van der Waals surface area contributed by atoms with Crippen LogP contribution in [0, 0.1) is 5.82 Å². The molecule has 1 aliphatic rings. The van der Waals surface area contributed by atoms with Gasteiger partial charge in [-0.2, -0.15) is 4.98 Å². The minimum Gasteiger partial charge on any atom is -0.454 e. The molecule has 2 aromatic rings. The van der Waals surface area contributed by atoms with Crippen molar-refractivity contribution in [2.45, 2.75) is 25.5 Å². The fourth-order valence-electron chi connectivity index (χ4n) is 2.05. The first-order valence-corrected chi connectivity index (χ1v) is 6.66. The van der Waals surface area contributed by atoms with E-state index in [0.29, 0.717) is 18.4 Å². The maximum Gasteiger partial charge on any atom is 0.329 e. The van der Waals surface area contributed by atoms with Crippen LogP contribution in [0.5, 0.6) is 0 Å². The molecular formula is C14H12FN3O4. The third-order valence-corrected chi connectivity index (χ3v) is 3.19. The van der Waals surface area contributed by atoms with Crippen LogP contribution in [0.1, 0.15) is 18.7 Å². The highest BCUT2D eigenvalue weighted by Crippen LogP contribution is 2.16. The lowest BCUT2D eigenvalue weighted by Crippen LogP contribution is -2.34. The van der Waals surface area contributed by atoms with E-state index in [0.717, 1.165) is 0 Å². The van der Waals surface area contributed by atoms with E-state index in [9.17, 15) is 14.0 Å². The molecule has 0 aliphatic carbocycles. The Kier molecular flexibility index (Phi) is 3.82. The Balaban J connectivity index is 1.59. The van der Waals surface area contributed by atoms with E-state index in [4.69, 9.17) is 9.26 Å². The summed E-state index contributed by atoms with van der Waals surface area (Å²) in [5, 5.41) is 6.24. The lowest BCUT2D eigenvalue weighted by Gasteiger charge is -2.07. The van der Waals surface area contributed by atoms with Gasteiger partial charge in [-0.1, -0.05) is 5.16 Å². The number of nitrogens with one attached hydrogen (secondary N) is 1. The van der Waals surface area contributed by atoms with Crippen molar-refractivity contribution in [3.05, 3.63) is 36.0 Å². The van der Waals surface area contributed by atoms with Gasteiger partial charge in [0.1, 0.15) is 11.9 Å². The van der Waals surface area contributed by atoms with E-state index in [2.05, 4.69) is 15.5 Å². The molecule has 1 aromatic carbocycles. The third-order valence-electron chi connectivity index (χ3n) is 3.19. The molecule has 1 atom stereocenters. The molecule has 0 radical (unpaired) electrons. The van der Waals surface area contributed by atoms with Crippen LogP contribution in [-0.4, -0.2) is 28.1 Å². The van der Waals surface area contributed by atoms with Crippen LogP contribution in [0.2, 0.25) is 0 Å². The van der Waals surface area contributed by atoms with Crippen LogP contribution in [0.25, 0.3) is 11.4 Å². The number of nitrogens with zero attached hydrogens (tertiary/aromatic N) is 2. The summed E-state index contributed by atoms with van der Waals surface area (Å²) in [4.78, 5) is 26.8. The summed E-state index contributed by atoms with van der Waals surface area (Å²) in [6.45, 7) is -0.181. The molecule has 1 fully saturated rings. The molecule has 1 aliphatic heterocycles. The Morgan fingerprint density at radius 2 is 2.18 bits per heavy atom. The zero-order chi connectivity index (χ0) is 15.5. The maximum atomic E-state index is 12.8. The summed E-state index contributed by atoms with van der Waals surface area (Å²) >= 11 is 0. The number of hydrogen-bond donors (Lipinski definition) is 1. The number of rotatable bonds is 4. The molecule has 114 valence electrons. The SMILES string of the molecule is O=C1CC[C@@H](C(=O)OCc2nc(-c3ccc(F)cc3)no2)N1. The molecule has 8 heteroatoms. The molecule has 22 heavy (non-hydrogen) atoms. The second-order valence-electron chi connectivity index (χ2n) is 4.79. The molecule has 0 spiro atoms. The highest BCUT2D eigenvalue weighted by molar-refractivity contribution is 5.87. The van der Waals surface area contributed by atoms with Crippen molar-refractivity contribution in [3.8, 4) is 11.4 Å². The Bertz CT molecular complexity index is 698. The van der Waals surface area contributed by atoms with Crippen molar-refractivity contribution >= 4 is 11.9 Å². The summed E-state index contributed by atoms with van der Waals surface area (Å²) in [6, 6.07) is 4.99. The number of halogens is 1. The van der Waals surface area contributed by atoms with E-state index in [1.165, 1.54) is 24.3 Å². The average molecular weight is 305 g/mol. The Labute approximate surface area is 124 Å². The average Bonchev–Trinajstić information content (AvgIpc) is 3.15. The van der Waals surface area contributed by atoms with Crippen LogP contribution in [0.3, 0.4) is 0 Å². The number of amides is 1. The van der Waals surface area contributed by atoms with Gasteiger partial charge in [0.2, 0.25) is 11.7 Å². The fourth-order valence-corrected chi connectivity index (χ4v) is 2.05. The van der Waals surface area contributed by atoms with Crippen molar-refractivity contribution < 1.29 is 23.2 Å². The smallest absolute Gasteiger partial charge is 0.329 e. The van der Waals surface area contributed by atoms with Gasteiger partial charge >= 0.3 is 5.97 Å². The van der Waals surface area contributed by atoms with Crippen molar-refractivity contribution in [2.24, 2.45) is 0 Å². The van der Waals surface area contributed by atoms with Gasteiger partial charge in [-0.05, 0) is 30.7 Å². The first-order chi connectivity index (χ1) is 10.6. The van der Waals surface area contributed by atoms with E-state index in [-0.39, 0.29) is 30.0 Å². The maximum absolute atomic E-state index is 12.8. The van der Waals surface area contributed by atoms with Crippen molar-refractivity contribution in [1.29, 1.82) is 0 Å². The largest absolute Gasteiger partial charge is 0.454 e. The number of carbonyl (C=O) groups is 2. The minimum atomic E-state index is -0.619. The molecule has 0 unspecified atom stereocenters. The van der Waals surface area contributed by atoms with Gasteiger partial charge in [-0.25, -0.2) is 9.18 Å². The zero-order valence-corrected chi connectivity index (χ0v) is 11.4. The molecule has 1 aromatic heterocycles. The summed E-state index contributed by atoms with van der Waals surface area (Å²) in [5.41, 5.74) is 0.589. The van der Waals surface area contributed by atoms with E-state index in [1.807, 2.05) is 0 Å². The monoisotopic (exact) mass is 305 g/mol. The zero-order valence-electron chi connectivity index (χ0n) is 11.4. The molecule has 1 amide bonds.